The molecule has 0 unspecified atom stereocenters. The van der Waals surface area contributed by atoms with Gasteiger partial charge in [0.05, 0.1) is 10.6 Å². The third-order valence-corrected chi connectivity index (χ3v) is 2.52. The molecule has 0 heterocycles. The van der Waals surface area contributed by atoms with E-state index in [1.807, 2.05) is 0 Å². The van der Waals surface area contributed by atoms with Crippen LogP contribution in [0.2, 0.25) is 0 Å². The van der Waals surface area contributed by atoms with E-state index < -0.39 is 29.6 Å². The normalized spacial score (nSPS) is 15.1. The van der Waals surface area contributed by atoms with Crippen LogP contribution in [0.1, 0.15) is 18.6 Å². The molecule has 1 aromatic carbocycles. The molecule has 0 spiro atoms. The van der Waals surface area contributed by atoms with E-state index in [1.54, 1.807) is 0 Å². The fourth-order valence-electron chi connectivity index (χ4n) is 1.09. The lowest BCUT2D eigenvalue weighted by Crippen LogP contribution is -2.25. The van der Waals surface area contributed by atoms with Crippen LogP contribution in [-0.4, -0.2) is 11.1 Å². The molecule has 0 radical (unpaired) electrons. The monoisotopic (exact) mass is 283 g/mol. The van der Waals surface area contributed by atoms with E-state index in [1.165, 1.54) is 6.92 Å². The average molecular weight is 284 g/mol. The number of benzene rings is 1. The first kappa shape index (κ1) is 12.5. The molecule has 1 aromatic rings. The molecule has 0 fully saturated rings. The summed E-state index contributed by atoms with van der Waals surface area (Å²) >= 11 is 2.71. The third kappa shape index (κ3) is 2.32. The minimum atomic E-state index is -1.63. The van der Waals surface area contributed by atoms with Crippen molar-refractivity contribution in [2.45, 2.75) is 19.1 Å². The molecular formula is C9H9BrF3NO. The second-order valence-electron chi connectivity index (χ2n) is 3.19. The molecule has 0 aliphatic rings. The maximum atomic E-state index is 13.2. The van der Waals surface area contributed by atoms with E-state index in [0.29, 0.717) is 0 Å². The summed E-state index contributed by atoms with van der Waals surface area (Å²) in [6, 6.07) is 0.193. The summed E-state index contributed by atoms with van der Waals surface area (Å²) in [5, 5.41) is 9.44. The van der Waals surface area contributed by atoms with E-state index in [-0.39, 0.29) is 10.0 Å². The van der Waals surface area contributed by atoms with Crippen LogP contribution in [0.5, 0.6) is 0 Å². The topological polar surface area (TPSA) is 46.2 Å². The molecule has 0 bridgehead atoms. The van der Waals surface area contributed by atoms with Gasteiger partial charge in [0.15, 0.2) is 17.5 Å². The number of aliphatic hydroxyl groups is 1. The Morgan fingerprint density at radius 3 is 2.27 bits per heavy atom. The standard InChI is InChI=1S/C9H9BrF3NO/c1-3(14)9(15)4-2-5(10)7(12)8(13)6(4)11/h2-3,9,15H,14H2,1H3/t3-,9-/m1/s1. The zero-order chi connectivity index (χ0) is 11.7. The van der Waals surface area contributed by atoms with E-state index in [9.17, 15) is 18.3 Å². The summed E-state index contributed by atoms with van der Waals surface area (Å²) in [6.07, 6.45) is -1.38. The molecule has 2 nitrogen and oxygen atoms in total. The van der Waals surface area contributed by atoms with Crippen LogP contribution >= 0.6 is 15.9 Å². The lowest BCUT2D eigenvalue weighted by Gasteiger charge is -2.16. The van der Waals surface area contributed by atoms with Gasteiger partial charge in [-0.25, -0.2) is 13.2 Å². The largest absolute Gasteiger partial charge is 0.387 e. The highest BCUT2D eigenvalue weighted by atomic mass is 79.9. The van der Waals surface area contributed by atoms with Crippen LogP contribution in [0, 0.1) is 17.5 Å². The minimum Gasteiger partial charge on any atom is -0.387 e. The predicted molar refractivity (Wildman–Crippen MR) is 52.6 cm³/mol. The molecule has 6 heteroatoms. The van der Waals surface area contributed by atoms with Gasteiger partial charge < -0.3 is 10.8 Å². The van der Waals surface area contributed by atoms with Crippen molar-refractivity contribution in [1.82, 2.24) is 0 Å². The van der Waals surface area contributed by atoms with E-state index in [4.69, 9.17) is 5.73 Å². The van der Waals surface area contributed by atoms with Gasteiger partial charge in [-0.2, -0.15) is 0 Å². The first-order chi connectivity index (χ1) is 6.86. The SMILES string of the molecule is C[C@@H](N)[C@@H](O)c1cc(Br)c(F)c(F)c1F. The van der Waals surface area contributed by atoms with Gasteiger partial charge in [0.25, 0.3) is 0 Å². The van der Waals surface area contributed by atoms with Crippen LogP contribution in [0.25, 0.3) is 0 Å². The highest BCUT2D eigenvalue weighted by Gasteiger charge is 2.23. The zero-order valence-corrected chi connectivity index (χ0v) is 9.35. The molecule has 0 aliphatic heterocycles. The van der Waals surface area contributed by atoms with Crippen LogP contribution in [-0.2, 0) is 0 Å². The predicted octanol–water partition coefficient (Wildman–Crippen LogP) is 2.25. The van der Waals surface area contributed by atoms with Crippen molar-refractivity contribution in [3.63, 3.8) is 0 Å². The van der Waals surface area contributed by atoms with Gasteiger partial charge in [-0.1, -0.05) is 0 Å². The summed E-state index contributed by atoms with van der Waals surface area (Å²) in [5.41, 5.74) is 4.96. The van der Waals surface area contributed by atoms with Gasteiger partial charge in [-0.15, -0.1) is 0 Å². The van der Waals surface area contributed by atoms with Gasteiger partial charge in [-0.05, 0) is 28.9 Å². The number of hydrogen-bond donors (Lipinski definition) is 2. The second kappa shape index (κ2) is 4.51. The molecule has 1 rings (SSSR count). The number of aliphatic hydroxyl groups excluding tert-OH is 1. The van der Waals surface area contributed by atoms with Gasteiger partial charge in [0, 0.05) is 11.6 Å². The molecule has 2 atom stereocenters. The fraction of sp³-hybridized carbons (Fsp3) is 0.333. The summed E-state index contributed by atoms with van der Waals surface area (Å²) in [5.74, 6) is -4.37. The maximum absolute atomic E-state index is 13.2. The van der Waals surface area contributed by atoms with Gasteiger partial charge in [-0.3, -0.25) is 0 Å². The minimum absolute atomic E-state index is 0.254. The van der Waals surface area contributed by atoms with Crippen molar-refractivity contribution >= 4 is 15.9 Å². The highest BCUT2D eigenvalue weighted by molar-refractivity contribution is 9.10. The molecule has 3 N–H and O–H groups in total. The fourth-order valence-corrected chi connectivity index (χ4v) is 1.51. The first-order valence-corrected chi connectivity index (χ1v) is 4.92. The molecule has 0 saturated carbocycles. The lowest BCUT2D eigenvalue weighted by atomic mass is 10.0. The molecule has 0 aliphatic carbocycles. The van der Waals surface area contributed by atoms with E-state index >= 15 is 0 Å². The first-order valence-electron chi connectivity index (χ1n) is 4.12. The van der Waals surface area contributed by atoms with Crippen LogP contribution in [0.3, 0.4) is 0 Å². The molecule has 0 aromatic heterocycles. The van der Waals surface area contributed by atoms with Crippen molar-refractivity contribution in [2.24, 2.45) is 5.73 Å². The van der Waals surface area contributed by atoms with Gasteiger partial charge in [0.2, 0.25) is 0 Å². The highest BCUT2D eigenvalue weighted by Crippen LogP contribution is 2.28. The van der Waals surface area contributed by atoms with Crippen LogP contribution in [0.15, 0.2) is 10.5 Å². The Labute approximate surface area is 93.0 Å². The Bertz CT molecular complexity index is 384. The molecule has 0 amide bonds. The summed E-state index contributed by atoms with van der Waals surface area (Å²) in [7, 11) is 0. The smallest absolute Gasteiger partial charge is 0.195 e. The number of nitrogens with two attached hydrogens (primary N) is 1. The van der Waals surface area contributed by atoms with Crippen molar-refractivity contribution < 1.29 is 18.3 Å². The summed E-state index contributed by atoms with van der Waals surface area (Å²) < 4.78 is 38.8. The molecule has 15 heavy (non-hydrogen) atoms. The summed E-state index contributed by atoms with van der Waals surface area (Å²) in [6.45, 7) is 1.43. The Hall–Kier alpha value is -0.590. The van der Waals surface area contributed by atoms with E-state index in [2.05, 4.69) is 15.9 Å². The summed E-state index contributed by atoms with van der Waals surface area (Å²) in [4.78, 5) is 0. The van der Waals surface area contributed by atoms with Crippen LogP contribution < -0.4 is 5.73 Å². The maximum Gasteiger partial charge on any atom is 0.195 e. The Morgan fingerprint density at radius 2 is 1.80 bits per heavy atom. The third-order valence-electron chi connectivity index (χ3n) is 1.95. The Morgan fingerprint density at radius 1 is 1.27 bits per heavy atom. The van der Waals surface area contributed by atoms with Gasteiger partial charge >= 0.3 is 0 Å². The number of rotatable bonds is 2. The van der Waals surface area contributed by atoms with Crippen molar-refractivity contribution in [3.05, 3.63) is 33.6 Å². The molecule has 0 saturated heterocycles. The van der Waals surface area contributed by atoms with Crippen molar-refractivity contribution in [3.8, 4) is 0 Å². The average Bonchev–Trinajstić information content (AvgIpc) is 2.19. The number of halogens is 4. The van der Waals surface area contributed by atoms with Crippen molar-refractivity contribution in [2.75, 3.05) is 0 Å². The molecule has 84 valence electrons. The Kier molecular flexibility index (Phi) is 3.75. The van der Waals surface area contributed by atoms with E-state index in [0.717, 1.165) is 6.07 Å². The Balaban J connectivity index is 3.32. The quantitative estimate of drug-likeness (QED) is 0.646. The lowest BCUT2D eigenvalue weighted by molar-refractivity contribution is 0.147. The zero-order valence-electron chi connectivity index (χ0n) is 7.77. The molecular weight excluding hydrogens is 275 g/mol. The van der Waals surface area contributed by atoms with Gasteiger partial charge in [0.1, 0.15) is 0 Å². The van der Waals surface area contributed by atoms with Crippen molar-refractivity contribution in [1.29, 1.82) is 0 Å². The number of hydrogen-bond acceptors (Lipinski definition) is 2. The van der Waals surface area contributed by atoms with Crippen LogP contribution in [0.4, 0.5) is 13.2 Å². The second-order valence-corrected chi connectivity index (χ2v) is 4.05.